The van der Waals surface area contributed by atoms with E-state index in [1.807, 2.05) is 0 Å². The first kappa shape index (κ1) is 11.8. The van der Waals surface area contributed by atoms with Gasteiger partial charge in [0.15, 0.2) is 0 Å². The van der Waals surface area contributed by atoms with Gasteiger partial charge in [0.1, 0.15) is 0 Å². The average Bonchev–Trinajstić information content (AvgIpc) is 2.30. The average molecular weight is 211 g/mol. The fourth-order valence-corrected chi connectivity index (χ4v) is 1.76. The second-order valence-corrected chi connectivity index (χ2v) is 3.95. The van der Waals surface area contributed by atoms with Crippen molar-refractivity contribution in [1.82, 2.24) is 4.90 Å². The molecule has 0 unspecified atom stereocenters. The van der Waals surface area contributed by atoms with Gasteiger partial charge in [0.2, 0.25) is 5.91 Å². The molecule has 1 rings (SSSR count). The summed E-state index contributed by atoms with van der Waals surface area (Å²) < 4.78 is 0. The molecule has 0 aromatic heterocycles. The lowest BCUT2D eigenvalue weighted by Gasteiger charge is -2.20. The first-order valence-electron chi connectivity index (χ1n) is 5.27. The summed E-state index contributed by atoms with van der Waals surface area (Å²) in [6.07, 6.45) is 4.82. The van der Waals surface area contributed by atoms with E-state index in [2.05, 4.69) is 0 Å². The predicted molar refractivity (Wildman–Crippen MR) is 56.4 cm³/mol. The molecule has 1 N–H and O–H groups in total. The number of likely N-dealkylation sites (tertiary alicyclic amines) is 1. The molecule has 4 heteroatoms. The zero-order valence-electron chi connectivity index (χ0n) is 9.03. The fraction of sp³-hybridized carbons (Fsp3) is 0.636. The van der Waals surface area contributed by atoms with Crippen molar-refractivity contribution < 1.29 is 14.7 Å². The van der Waals surface area contributed by atoms with Crippen molar-refractivity contribution in [2.45, 2.75) is 32.6 Å². The van der Waals surface area contributed by atoms with Gasteiger partial charge in [0.05, 0.1) is 0 Å². The molecule has 0 aromatic carbocycles. The van der Waals surface area contributed by atoms with Crippen molar-refractivity contribution in [3.63, 3.8) is 0 Å². The summed E-state index contributed by atoms with van der Waals surface area (Å²) in [7, 11) is 0. The van der Waals surface area contributed by atoms with Crippen molar-refractivity contribution in [3.8, 4) is 0 Å². The molecule has 1 aliphatic rings. The number of hydrogen-bond donors (Lipinski definition) is 1. The smallest absolute Gasteiger partial charge is 0.328 e. The van der Waals surface area contributed by atoms with E-state index in [1.165, 1.54) is 0 Å². The van der Waals surface area contributed by atoms with Crippen LogP contribution in [0.2, 0.25) is 0 Å². The Labute approximate surface area is 89.6 Å². The van der Waals surface area contributed by atoms with Crippen molar-refractivity contribution in [2.75, 3.05) is 13.1 Å². The largest absolute Gasteiger partial charge is 0.478 e. The molecule has 1 saturated heterocycles. The third-order valence-electron chi connectivity index (χ3n) is 2.48. The molecule has 0 aliphatic carbocycles. The molecule has 0 aromatic rings. The Morgan fingerprint density at radius 1 is 1.47 bits per heavy atom. The predicted octanol–water partition coefficient (Wildman–Crippen LogP) is 1.42. The summed E-state index contributed by atoms with van der Waals surface area (Å²) in [5.74, 6) is -0.805. The van der Waals surface area contributed by atoms with Crippen LogP contribution in [0.1, 0.15) is 32.6 Å². The maximum Gasteiger partial charge on any atom is 0.328 e. The topological polar surface area (TPSA) is 57.6 Å². The number of aliphatic carboxylic acids is 1. The van der Waals surface area contributed by atoms with Crippen molar-refractivity contribution in [1.29, 1.82) is 0 Å². The minimum atomic E-state index is -0.949. The zero-order valence-corrected chi connectivity index (χ0v) is 9.03. The molecular weight excluding hydrogens is 194 g/mol. The number of carbonyl (C=O) groups excluding carboxylic acids is 1. The highest BCUT2D eigenvalue weighted by Gasteiger charge is 2.16. The molecule has 0 atom stereocenters. The third kappa shape index (κ3) is 4.14. The van der Waals surface area contributed by atoms with Crippen LogP contribution < -0.4 is 0 Å². The van der Waals surface area contributed by atoms with Crippen LogP contribution in [0, 0.1) is 0 Å². The lowest BCUT2D eigenvalue weighted by atomic mass is 10.2. The molecule has 0 spiro atoms. The van der Waals surface area contributed by atoms with Crippen molar-refractivity contribution in [2.24, 2.45) is 0 Å². The van der Waals surface area contributed by atoms with Gasteiger partial charge in [0.25, 0.3) is 0 Å². The van der Waals surface area contributed by atoms with Crippen LogP contribution >= 0.6 is 0 Å². The Bertz CT molecular complexity index is 284. The number of nitrogens with zero attached hydrogens (tertiary/aromatic N) is 1. The summed E-state index contributed by atoms with van der Waals surface area (Å²) in [6.45, 7) is 2.95. The zero-order chi connectivity index (χ0) is 11.3. The van der Waals surface area contributed by atoms with Gasteiger partial charge in [-0.05, 0) is 25.3 Å². The maximum atomic E-state index is 11.6. The van der Waals surface area contributed by atoms with E-state index in [0.717, 1.165) is 37.5 Å². The Hall–Kier alpha value is -1.32. The molecule has 1 heterocycles. The SMILES string of the molecule is CC(=CC(=O)O)CN1CCCCCC1=O. The molecule has 0 radical (unpaired) electrons. The number of carbonyl (C=O) groups is 2. The number of hydrogen-bond acceptors (Lipinski definition) is 2. The molecule has 15 heavy (non-hydrogen) atoms. The summed E-state index contributed by atoms with van der Waals surface area (Å²) in [5, 5.41) is 8.55. The highest BCUT2D eigenvalue weighted by Crippen LogP contribution is 2.12. The van der Waals surface area contributed by atoms with E-state index in [4.69, 9.17) is 5.11 Å². The van der Waals surface area contributed by atoms with Gasteiger partial charge in [-0.2, -0.15) is 0 Å². The van der Waals surface area contributed by atoms with Crippen LogP contribution in [0.5, 0.6) is 0 Å². The first-order chi connectivity index (χ1) is 7.09. The monoisotopic (exact) mass is 211 g/mol. The molecule has 0 bridgehead atoms. The van der Waals surface area contributed by atoms with Gasteiger partial charge >= 0.3 is 5.97 Å². The van der Waals surface area contributed by atoms with Gasteiger partial charge in [-0.1, -0.05) is 6.42 Å². The van der Waals surface area contributed by atoms with Crippen LogP contribution in [0.4, 0.5) is 0 Å². The van der Waals surface area contributed by atoms with Gasteiger partial charge in [-0.15, -0.1) is 0 Å². The fourth-order valence-electron chi connectivity index (χ4n) is 1.76. The van der Waals surface area contributed by atoms with Gasteiger partial charge in [0, 0.05) is 25.6 Å². The summed E-state index contributed by atoms with van der Waals surface area (Å²) >= 11 is 0. The summed E-state index contributed by atoms with van der Waals surface area (Å²) in [6, 6.07) is 0. The lowest BCUT2D eigenvalue weighted by molar-refractivity contribution is -0.132. The van der Waals surface area contributed by atoms with Gasteiger partial charge < -0.3 is 10.0 Å². The van der Waals surface area contributed by atoms with E-state index in [9.17, 15) is 9.59 Å². The summed E-state index contributed by atoms with van der Waals surface area (Å²) in [4.78, 5) is 23.8. The maximum absolute atomic E-state index is 11.6. The minimum Gasteiger partial charge on any atom is -0.478 e. The molecule has 84 valence electrons. The Balaban J connectivity index is 2.55. The standard InChI is InChI=1S/C11H17NO3/c1-9(7-11(14)15)8-12-6-4-2-3-5-10(12)13/h7H,2-6,8H2,1H3,(H,14,15). The number of carboxylic acids is 1. The molecule has 4 nitrogen and oxygen atoms in total. The second kappa shape index (κ2) is 5.53. The third-order valence-corrected chi connectivity index (χ3v) is 2.48. The van der Waals surface area contributed by atoms with Crippen molar-refractivity contribution >= 4 is 11.9 Å². The summed E-state index contributed by atoms with van der Waals surface area (Å²) in [5.41, 5.74) is 0.720. The lowest BCUT2D eigenvalue weighted by Crippen LogP contribution is -2.31. The highest BCUT2D eigenvalue weighted by molar-refractivity contribution is 5.81. The van der Waals surface area contributed by atoms with Crippen LogP contribution in [0.3, 0.4) is 0 Å². The molecule has 0 saturated carbocycles. The molecular formula is C11H17NO3. The number of carboxylic acid groups (broad SMARTS) is 1. The normalized spacial score (nSPS) is 18.9. The van der Waals surface area contributed by atoms with E-state index < -0.39 is 5.97 Å². The Kier molecular flexibility index (Phi) is 4.34. The Morgan fingerprint density at radius 3 is 2.87 bits per heavy atom. The van der Waals surface area contributed by atoms with Crippen molar-refractivity contribution in [3.05, 3.63) is 11.6 Å². The van der Waals surface area contributed by atoms with Gasteiger partial charge in [-0.25, -0.2) is 4.79 Å². The number of amides is 1. The van der Waals surface area contributed by atoms with Crippen LogP contribution in [-0.2, 0) is 9.59 Å². The second-order valence-electron chi connectivity index (χ2n) is 3.95. The van der Waals surface area contributed by atoms with E-state index in [1.54, 1.807) is 11.8 Å². The van der Waals surface area contributed by atoms with Crippen LogP contribution in [0.25, 0.3) is 0 Å². The number of rotatable bonds is 3. The highest BCUT2D eigenvalue weighted by atomic mass is 16.4. The van der Waals surface area contributed by atoms with E-state index >= 15 is 0 Å². The first-order valence-corrected chi connectivity index (χ1v) is 5.27. The minimum absolute atomic E-state index is 0.144. The molecule has 1 fully saturated rings. The van der Waals surface area contributed by atoms with Crippen LogP contribution in [0.15, 0.2) is 11.6 Å². The quantitative estimate of drug-likeness (QED) is 0.718. The Morgan fingerprint density at radius 2 is 2.20 bits per heavy atom. The van der Waals surface area contributed by atoms with Gasteiger partial charge in [-0.3, -0.25) is 4.79 Å². The van der Waals surface area contributed by atoms with Crippen LogP contribution in [-0.4, -0.2) is 35.0 Å². The van der Waals surface area contributed by atoms with E-state index in [-0.39, 0.29) is 5.91 Å². The van der Waals surface area contributed by atoms with E-state index in [0.29, 0.717) is 13.0 Å². The molecule has 1 amide bonds. The molecule has 1 aliphatic heterocycles.